The highest BCUT2D eigenvalue weighted by Gasteiger charge is 2.01. The van der Waals surface area contributed by atoms with Gasteiger partial charge in [0.1, 0.15) is 5.75 Å². The smallest absolute Gasteiger partial charge is 0.402 e. The molecule has 0 radical (unpaired) electrons. The maximum absolute atomic E-state index is 10.4. The summed E-state index contributed by atoms with van der Waals surface area (Å²) in [4.78, 5) is 19.2. The average Bonchev–Trinajstić information content (AvgIpc) is 2.17. The number of hydrogen-bond donors (Lipinski definition) is 3. The highest BCUT2D eigenvalue weighted by molar-refractivity contribution is 5.88. The van der Waals surface area contributed by atoms with E-state index in [4.69, 9.17) is 19.7 Å². The first-order chi connectivity index (χ1) is 6.97. The first kappa shape index (κ1) is 16.5. The molecule has 6 nitrogen and oxygen atoms in total. The van der Waals surface area contributed by atoms with Gasteiger partial charge in [-0.15, -0.1) is 12.4 Å². The van der Waals surface area contributed by atoms with Gasteiger partial charge >= 0.3 is 12.1 Å². The van der Waals surface area contributed by atoms with Gasteiger partial charge in [-0.2, -0.15) is 0 Å². The zero-order valence-corrected chi connectivity index (χ0v) is 9.23. The minimum Gasteiger partial charge on any atom is -0.497 e. The van der Waals surface area contributed by atoms with Gasteiger partial charge in [0.2, 0.25) is 0 Å². The Hall–Kier alpha value is -1.95. The topological polar surface area (TPSA) is 110 Å². The molecule has 0 aliphatic heterocycles. The Morgan fingerprint density at radius 1 is 1.31 bits per heavy atom. The SMILES string of the molecule is COc1cccc(C(=O)O)c1.Cl.NC(=O)O. The first-order valence-electron chi connectivity index (χ1n) is 3.83. The number of carboxylic acids is 1. The summed E-state index contributed by atoms with van der Waals surface area (Å²) in [6.45, 7) is 0. The summed E-state index contributed by atoms with van der Waals surface area (Å²) in [5.74, 6) is -0.381. The lowest BCUT2D eigenvalue weighted by Gasteiger charge is -1.98. The predicted octanol–water partition coefficient (Wildman–Crippen LogP) is 1.44. The van der Waals surface area contributed by atoms with Crippen molar-refractivity contribution in [1.29, 1.82) is 0 Å². The number of benzene rings is 1. The summed E-state index contributed by atoms with van der Waals surface area (Å²) in [5.41, 5.74) is 4.27. The second kappa shape index (κ2) is 8.37. The average molecular weight is 250 g/mol. The number of carbonyl (C=O) groups is 2. The van der Waals surface area contributed by atoms with Gasteiger partial charge in [0.15, 0.2) is 0 Å². The molecule has 16 heavy (non-hydrogen) atoms. The number of halogens is 1. The Morgan fingerprint density at radius 3 is 2.19 bits per heavy atom. The third-order valence-electron chi connectivity index (χ3n) is 1.32. The van der Waals surface area contributed by atoms with Gasteiger partial charge < -0.3 is 20.7 Å². The quantitative estimate of drug-likeness (QED) is 0.735. The van der Waals surface area contributed by atoms with E-state index in [9.17, 15) is 4.79 Å². The standard InChI is InChI=1S/C8H8O3.CH3NO2.ClH/c1-11-7-4-2-3-6(5-7)8(9)10;2-1(3)4;/h2-5H,1H3,(H,9,10);2H2,(H,3,4);1H. The minimum atomic E-state index is -1.33. The van der Waals surface area contributed by atoms with Gasteiger partial charge in [-0.1, -0.05) is 6.07 Å². The number of amides is 1. The molecule has 0 unspecified atom stereocenters. The molecule has 0 atom stereocenters. The molecule has 0 spiro atoms. The highest BCUT2D eigenvalue weighted by atomic mass is 35.5. The van der Waals surface area contributed by atoms with E-state index in [2.05, 4.69) is 5.73 Å². The molecule has 0 aliphatic rings. The van der Waals surface area contributed by atoms with Gasteiger partial charge in [0.05, 0.1) is 12.7 Å². The molecule has 0 saturated heterocycles. The molecule has 0 saturated carbocycles. The van der Waals surface area contributed by atoms with E-state index in [1.807, 2.05) is 0 Å². The Balaban J connectivity index is 0. The maximum Gasteiger partial charge on any atom is 0.402 e. The van der Waals surface area contributed by atoms with E-state index in [-0.39, 0.29) is 18.0 Å². The third kappa shape index (κ3) is 7.45. The van der Waals surface area contributed by atoms with Crippen LogP contribution in [0.2, 0.25) is 0 Å². The fourth-order valence-electron chi connectivity index (χ4n) is 0.756. The number of primary amides is 1. The van der Waals surface area contributed by atoms with Crippen LogP contribution in [-0.2, 0) is 0 Å². The molecule has 0 fully saturated rings. The Labute approximate surface area is 98.1 Å². The second-order valence-corrected chi connectivity index (χ2v) is 2.38. The van der Waals surface area contributed by atoms with E-state index in [0.29, 0.717) is 5.75 Å². The van der Waals surface area contributed by atoms with Crippen LogP contribution in [0.1, 0.15) is 10.4 Å². The lowest BCUT2D eigenvalue weighted by molar-refractivity contribution is 0.0696. The second-order valence-electron chi connectivity index (χ2n) is 2.38. The van der Waals surface area contributed by atoms with Crippen molar-refractivity contribution in [3.63, 3.8) is 0 Å². The molecule has 0 aliphatic carbocycles. The molecule has 4 N–H and O–H groups in total. The van der Waals surface area contributed by atoms with Crippen LogP contribution in [0.25, 0.3) is 0 Å². The maximum atomic E-state index is 10.4. The predicted molar refractivity (Wildman–Crippen MR) is 59.4 cm³/mol. The fourth-order valence-corrected chi connectivity index (χ4v) is 0.756. The summed E-state index contributed by atoms with van der Waals surface area (Å²) >= 11 is 0. The number of ether oxygens (including phenoxy) is 1. The lowest BCUT2D eigenvalue weighted by Crippen LogP contribution is -2.03. The van der Waals surface area contributed by atoms with E-state index in [0.717, 1.165) is 0 Å². The van der Waals surface area contributed by atoms with Crippen LogP contribution >= 0.6 is 12.4 Å². The summed E-state index contributed by atoms with van der Waals surface area (Å²) in [5, 5.41) is 15.7. The van der Waals surface area contributed by atoms with E-state index < -0.39 is 12.1 Å². The molecular weight excluding hydrogens is 238 g/mol. The van der Waals surface area contributed by atoms with Crippen molar-refractivity contribution >= 4 is 24.5 Å². The van der Waals surface area contributed by atoms with Crippen LogP contribution in [0, 0.1) is 0 Å². The molecule has 0 heterocycles. The highest BCUT2D eigenvalue weighted by Crippen LogP contribution is 2.11. The van der Waals surface area contributed by atoms with E-state index in [1.165, 1.54) is 19.2 Å². The lowest BCUT2D eigenvalue weighted by atomic mass is 10.2. The Bertz CT molecular complexity index is 352. The van der Waals surface area contributed by atoms with E-state index >= 15 is 0 Å². The third-order valence-corrected chi connectivity index (χ3v) is 1.32. The molecule has 90 valence electrons. The fraction of sp³-hybridized carbons (Fsp3) is 0.111. The first-order valence-corrected chi connectivity index (χ1v) is 3.83. The van der Waals surface area contributed by atoms with Crippen LogP contribution in [0.4, 0.5) is 4.79 Å². The van der Waals surface area contributed by atoms with Crippen molar-refractivity contribution in [2.24, 2.45) is 5.73 Å². The van der Waals surface area contributed by atoms with Crippen molar-refractivity contribution in [2.75, 3.05) is 7.11 Å². The van der Waals surface area contributed by atoms with Crippen LogP contribution in [-0.4, -0.2) is 29.4 Å². The molecule has 1 rings (SSSR count). The molecule has 1 aromatic rings. The number of aromatic carboxylic acids is 1. The number of hydrogen-bond acceptors (Lipinski definition) is 3. The molecule has 0 aromatic heterocycles. The van der Waals surface area contributed by atoms with Gasteiger partial charge in [0.25, 0.3) is 0 Å². The summed E-state index contributed by atoms with van der Waals surface area (Å²) < 4.78 is 4.84. The monoisotopic (exact) mass is 249 g/mol. The summed E-state index contributed by atoms with van der Waals surface area (Å²) in [6.07, 6.45) is -1.33. The van der Waals surface area contributed by atoms with Gasteiger partial charge in [-0.05, 0) is 18.2 Å². The van der Waals surface area contributed by atoms with Crippen molar-refractivity contribution in [2.45, 2.75) is 0 Å². The van der Waals surface area contributed by atoms with Gasteiger partial charge in [-0.3, -0.25) is 0 Å². The minimum absolute atomic E-state index is 0. The molecule has 7 heteroatoms. The number of carboxylic acid groups (broad SMARTS) is 2. The normalized spacial score (nSPS) is 7.81. The zero-order chi connectivity index (χ0) is 11.8. The number of methoxy groups -OCH3 is 1. The number of nitrogens with two attached hydrogens (primary N) is 1. The van der Waals surface area contributed by atoms with Gasteiger partial charge in [0, 0.05) is 0 Å². The van der Waals surface area contributed by atoms with Crippen LogP contribution in [0.3, 0.4) is 0 Å². The van der Waals surface area contributed by atoms with Crippen LogP contribution < -0.4 is 10.5 Å². The molecule has 1 amide bonds. The summed E-state index contributed by atoms with van der Waals surface area (Å²) in [6, 6.07) is 6.34. The van der Waals surface area contributed by atoms with Crippen molar-refractivity contribution < 1.29 is 24.5 Å². The van der Waals surface area contributed by atoms with E-state index in [1.54, 1.807) is 12.1 Å². The van der Waals surface area contributed by atoms with Gasteiger partial charge in [-0.25, -0.2) is 9.59 Å². The number of rotatable bonds is 2. The molecule has 1 aromatic carbocycles. The largest absolute Gasteiger partial charge is 0.497 e. The Kier molecular flexibility index (Phi) is 8.62. The summed E-state index contributed by atoms with van der Waals surface area (Å²) in [7, 11) is 1.50. The van der Waals surface area contributed by atoms with Crippen molar-refractivity contribution in [3.8, 4) is 5.75 Å². The molecular formula is C9H12ClNO5. The van der Waals surface area contributed by atoms with Crippen LogP contribution in [0.15, 0.2) is 24.3 Å². The van der Waals surface area contributed by atoms with Crippen molar-refractivity contribution in [1.82, 2.24) is 0 Å². The molecule has 0 bridgehead atoms. The Morgan fingerprint density at radius 2 is 1.81 bits per heavy atom. The van der Waals surface area contributed by atoms with Crippen LogP contribution in [0.5, 0.6) is 5.75 Å². The zero-order valence-electron chi connectivity index (χ0n) is 8.41. The van der Waals surface area contributed by atoms with Crippen molar-refractivity contribution in [3.05, 3.63) is 29.8 Å².